The average Bonchev–Trinajstić information content (AvgIpc) is 3.14. The number of H-pyrrole nitrogens is 1. The highest BCUT2D eigenvalue weighted by molar-refractivity contribution is 6.30. The van der Waals surface area contributed by atoms with E-state index in [0.29, 0.717) is 28.4 Å². The first kappa shape index (κ1) is 15.2. The number of hydrogen-bond donors (Lipinski definition) is 3. The molecule has 0 spiro atoms. The van der Waals surface area contributed by atoms with E-state index in [9.17, 15) is 9.50 Å². The van der Waals surface area contributed by atoms with Crippen LogP contribution in [0.5, 0.6) is 5.75 Å². The zero-order valence-corrected chi connectivity index (χ0v) is 13.4. The van der Waals surface area contributed by atoms with E-state index in [2.05, 4.69) is 9.97 Å². The van der Waals surface area contributed by atoms with E-state index in [-0.39, 0.29) is 18.1 Å². The van der Waals surface area contributed by atoms with Gasteiger partial charge >= 0.3 is 0 Å². The summed E-state index contributed by atoms with van der Waals surface area (Å²) in [6, 6.07) is 11.3. The molecule has 1 aromatic heterocycles. The predicted octanol–water partition coefficient (Wildman–Crippen LogP) is 3.48. The summed E-state index contributed by atoms with van der Waals surface area (Å²) in [5, 5.41) is 18.8. The number of fused-ring (bicyclic) bond motifs is 1. The second-order valence-corrected chi connectivity index (χ2v) is 5.70. The summed E-state index contributed by atoms with van der Waals surface area (Å²) < 4.78 is 18.7. The molecule has 2 aromatic carbocycles. The SMILES string of the molecule is COc1ccc2nc(C3=C(O)CN(c4cccc(F)c4)C3=N)[nH]c2c1. The van der Waals surface area contributed by atoms with E-state index >= 15 is 0 Å². The number of hydrogen-bond acceptors (Lipinski definition) is 4. The van der Waals surface area contributed by atoms with Crippen molar-refractivity contribution < 1.29 is 14.2 Å². The van der Waals surface area contributed by atoms with Crippen LogP contribution >= 0.6 is 0 Å². The number of rotatable bonds is 3. The standard InChI is InChI=1S/C18H15FN4O2/c1-25-12-5-6-13-14(8-12)22-18(21-13)16-15(24)9-23(17(16)20)11-4-2-3-10(19)7-11/h2-8,20,24H,9H2,1H3,(H,21,22). The van der Waals surface area contributed by atoms with Crippen LogP contribution in [0.15, 0.2) is 48.2 Å². The van der Waals surface area contributed by atoms with Gasteiger partial charge in [0.2, 0.25) is 0 Å². The minimum absolute atomic E-state index is 0.0142. The number of aromatic amines is 1. The molecular formula is C18H15FN4O2. The van der Waals surface area contributed by atoms with Crippen LogP contribution in [0.1, 0.15) is 5.82 Å². The smallest absolute Gasteiger partial charge is 0.145 e. The molecule has 0 amide bonds. The van der Waals surface area contributed by atoms with Crippen molar-refractivity contribution >= 4 is 28.1 Å². The summed E-state index contributed by atoms with van der Waals surface area (Å²) >= 11 is 0. The van der Waals surface area contributed by atoms with Gasteiger partial charge in [0.1, 0.15) is 29.0 Å². The Balaban J connectivity index is 1.73. The van der Waals surface area contributed by atoms with Crippen LogP contribution in [0.3, 0.4) is 0 Å². The van der Waals surface area contributed by atoms with Gasteiger partial charge in [0, 0.05) is 11.8 Å². The lowest BCUT2D eigenvalue weighted by Gasteiger charge is -2.18. The van der Waals surface area contributed by atoms with Gasteiger partial charge in [-0.25, -0.2) is 9.37 Å². The fraction of sp³-hybridized carbons (Fsp3) is 0.111. The fourth-order valence-electron chi connectivity index (χ4n) is 2.93. The Hall–Kier alpha value is -3.35. The second kappa shape index (κ2) is 5.62. The van der Waals surface area contributed by atoms with Gasteiger partial charge in [-0.2, -0.15) is 0 Å². The highest BCUT2D eigenvalue weighted by Gasteiger charge is 2.31. The number of halogens is 1. The molecule has 126 valence electrons. The average molecular weight is 338 g/mol. The van der Waals surface area contributed by atoms with Gasteiger partial charge in [0.15, 0.2) is 0 Å². The summed E-state index contributed by atoms with van der Waals surface area (Å²) in [6.07, 6.45) is 0. The van der Waals surface area contributed by atoms with Crippen molar-refractivity contribution in [2.75, 3.05) is 18.6 Å². The van der Waals surface area contributed by atoms with E-state index in [1.807, 2.05) is 0 Å². The maximum atomic E-state index is 13.5. The van der Waals surface area contributed by atoms with E-state index in [1.54, 1.807) is 37.4 Å². The third-order valence-corrected chi connectivity index (χ3v) is 4.15. The number of imidazole rings is 1. The molecule has 25 heavy (non-hydrogen) atoms. The Morgan fingerprint density at radius 1 is 1.28 bits per heavy atom. The van der Waals surface area contributed by atoms with E-state index in [0.717, 1.165) is 5.52 Å². The summed E-state index contributed by atoms with van der Waals surface area (Å²) in [5.74, 6) is 0.761. The van der Waals surface area contributed by atoms with Crippen LogP contribution in [-0.2, 0) is 0 Å². The molecule has 4 rings (SSSR count). The molecule has 7 heteroatoms. The van der Waals surface area contributed by atoms with Crippen molar-refractivity contribution in [2.24, 2.45) is 0 Å². The van der Waals surface area contributed by atoms with Crippen molar-refractivity contribution in [2.45, 2.75) is 0 Å². The van der Waals surface area contributed by atoms with Gasteiger partial charge in [-0.05, 0) is 30.3 Å². The first-order chi connectivity index (χ1) is 12.1. The molecule has 3 aromatic rings. The molecule has 0 radical (unpaired) electrons. The predicted molar refractivity (Wildman–Crippen MR) is 93.7 cm³/mol. The van der Waals surface area contributed by atoms with Gasteiger partial charge in [-0.3, -0.25) is 5.41 Å². The Labute approximate surface area is 142 Å². The minimum atomic E-state index is -0.394. The summed E-state index contributed by atoms with van der Waals surface area (Å²) in [6.45, 7) is 0.0952. The van der Waals surface area contributed by atoms with Crippen molar-refractivity contribution in [3.63, 3.8) is 0 Å². The number of aliphatic hydroxyl groups is 1. The fourth-order valence-corrected chi connectivity index (χ4v) is 2.93. The lowest BCUT2D eigenvalue weighted by Crippen LogP contribution is -2.26. The van der Waals surface area contributed by atoms with Crippen molar-refractivity contribution in [3.05, 3.63) is 59.9 Å². The number of nitrogens with zero attached hydrogens (tertiary/aromatic N) is 2. The topological polar surface area (TPSA) is 85.2 Å². The third kappa shape index (κ3) is 2.50. The van der Waals surface area contributed by atoms with Gasteiger partial charge in [-0.15, -0.1) is 0 Å². The quantitative estimate of drug-likeness (QED) is 0.682. The number of nitrogens with one attached hydrogen (secondary N) is 2. The molecule has 3 N–H and O–H groups in total. The monoisotopic (exact) mass is 338 g/mol. The molecule has 0 unspecified atom stereocenters. The number of aliphatic hydroxyl groups excluding tert-OH is 1. The zero-order valence-electron chi connectivity index (χ0n) is 13.4. The lowest BCUT2D eigenvalue weighted by molar-refractivity contribution is 0.411. The number of benzene rings is 2. The van der Waals surface area contributed by atoms with Gasteiger partial charge < -0.3 is 19.7 Å². The van der Waals surface area contributed by atoms with Crippen LogP contribution < -0.4 is 9.64 Å². The summed E-state index contributed by atoms with van der Waals surface area (Å²) in [7, 11) is 1.58. The molecule has 2 heterocycles. The number of amidine groups is 1. The number of ether oxygens (including phenoxy) is 1. The van der Waals surface area contributed by atoms with Crippen LogP contribution in [0, 0.1) is 11.2 Å². The highest BCUT2D eigenvalue weighted by Crippen LogP contribution is 2.31. The van der Waals surface area contributed by atoms with Gasteiger partial charge in [-0.1, -0.05) is 6.07 Å². The molecule has 0 saturated carbocycles. The second-order valence-electron chi connectivity index (χ2n) is 5.70. The number of aromatic nitrogens is 2. The third-order valence-electron chi connectivity index (χ3n) is 4.15. The minimum Gasteiger partial charge on any atom is -0.509 e. The first-order valence-corrected chi connectivity index (χ1v) is 7.65. The number of anilines is 1. The molecular weight excluding hydrogens is 323 g/mol. The van der Waals surface area contributed by atoms with Crippen LogP contribution in [0.2, 0.25) is 0 Å². The Kier molecular flexibility index (Phi) is 3.42. The number of methoxy groups -OCH3 is 1. The first-order valence-electron chi connectivity index (χ1n) is 7.65. The van der Waals surface area contributed by atoms with Crippen molar-refractivity contribution in [1.82, 2.24) is 9.97 Å². The molecule has 1 aliphatic rings. The molecule has 1 aliphatic heterocycles. The van der Waals surface area contributed by atoms with Crippen molar-refractivity contribution in [3.8, 4) is 5.75 Å². The largest absolute Gasteiger partial charge is 0.509 e. The molecule has 6 nitrogen and oxygen atoms in total. The Bertz CT molecular complexity index is 1020. The molecule has 0 fully saturated rings. The maximum Gasteiger partial charge on any atom is 0.145 e. The van der Waals surface area contributed by atoms with Gasteiger partial charge in [0.25, 0.3) is 0 Å². The lowest BCUT2D eigenvalue weighted by atomic mass is 10.2. The molecule has 0 atom stereocenters. The summed E-state index contributed by atoms with van der Waals surface area (Å²) in [4.78, 5) is 9.08. The van der Waals surface area contributed by atoms with Crippen LogP contribution in [0.25, 0.3) is 16.6 Å². The van der Waals surface area contributed by atoms with Crippen LogP contribution in [0.4, 0.5) is 10.1 Å². The van der Waals surface area contributed by atoms with E-state index < -0.39 is 5.82 Å². The van der Waals surface area contributed by atoms with E-state index in [1.165, 1.54) is 17.0 Å². The van der Waals surface area contributed by atoms with Crippen molar-refractivity contribution in [1.29, 1.82) is 5.41 Å². The van der Waals surface area contributed by atoms with E-state index in [4.69, 9.17) is 10.1 Å². The summed E-state index contributed by atoms with van der Waals surface area (Å²) in [5.41, 5.74) is 2.25. The molecule has 0 bridgehead atoms. The molecule has 0 aliphatic carbocycles. The highest BCUT2D eigenvalue weighted by atomic mass is 19.1. The van der Waals surface area contributed by atoms with Crippen LogP contribution in [-0.4, -0.2) is 34.6 Å². The van der Waals surface area contributed by atoms with Gasteiger partial charge in [0.05, 0.1) is 30.3 Å². The zero-order chi connectivity index (χ0) is 17.6. The maximum absolute atomic E-state index is 13.5. The Morgan fingerprint density at radius 3 is 2.88 bits per heavy atom. The Morgan fingerprint density at radius 2 is 2.12 bits per heavy atom. The molecule has 0 saturated heterocycles. The normalized spacial score (nSPS) is 14.6.